The number of nitro groups is 1. The number of benzene rings is 1. The molecule has 0 aliphatic carbocycles. The molecular weight excluding hydrogens is 302 g/mol. The van der Waals surface area contributed by atoms with E-state index < -0.39 is 4.92 Å². The Kier molecular flexibility index (Phi) is 5.24. The number of hydrogen-bond donors (Lipinski definition) is 2. The van der Waals surface area contributed by atoms with E-state index in [1.54, 1.807) is 12.1 Å². The van der Waals surface area contributed by atoms with E-state index in [0.29, 0.717) is 11.0 Å². The van der Waals surface area contributed by atoms with Crippen molar-refractivity contribution in [2.24, 2.45) is 5.73 Å². The fourth-order valence-electron chi connectivity index (χ4n) is 1.47. The van der Waals surface area contributed by atoms with Crippen LogP contribution >= 0.6 is 15.9 Å². The number of halogens is 1. The van der Waals surface area contributed by atoms with Gasteiger partial charge in [-0.05, 0) is 34.5 Å². The van der Waals surface area contributed by atoms with Gasteiger partial charge in [0.15, 0.2) is 0 Å². The maximum absolute atomic E-state index is 10.8. The third-order valence-corrected chi connectivity index (χ3v) is 3.04. The summed E-state index contributed by atoms with van der Waals surface area (Å²) in [4.78, 5) is 21.0. The quantitative estimate of drug-likeness (QED) is 0.616. The summed E-state index contributed by atoms with van der Waals surface area (Å²) in [6, 6.07) is 4.84. The summed E-state index contributed by atoms with van der Waals surface area (Å²) < 4.78 is 0.446. The van der Waals surface area contributed by atoms with Crippen molar-refractivity contribution in [3.05, 3.63) is 38.3 Å². The Hall–Kier alpha value is -1.47. The largest absolute Gasteiger partial charge is 0.370 e. The number of nitro benzene ring substituents is 1. The van der Waals surface area contributed by atoms with Crippen LogP contribution in [0.2, 0.25) is 0 Å². The zero-order valence-corrected chi connectivity index (χ0v) is 11.4. The number of nitrogens with zero attached hydrogens (tertiary/aromatic N) is 1. The van der Waals surface area contributed by atoms with Crippen LogP contribution in [0.15, 0.2) is 22.7 Å². The highest BCUT2D eigenvalue weighted by Gasteiger charge is 2.12. The van der Waals surface area contributed by atoms with Crippen molar-refractivity contribution in [2.45, 2.75) is 25.9 Å². The molecule has 0 heterocycles. The smallest absolute Gasteiger partial charge is 0.283 e. The summed E-state index contributed by atoms with van der Waals surface area (Å²) in [6.07, 6.45) is 0.235. The van der Waals surface area contributed by atoms with Gasteiger partial charge in [-0.1, -0.05) is 6.07 Å². The van der Waals surface area contributed by atoms with Crippen LogP contribution in [0.25, 0.3) is 0 Å². The summed E-state index contributed by atoms with van der Waals surface area (Å²) in [5, 5.41) is 13.8. The number of nitrogens with one attached hydrogen (secondary N) is 1. The van der Waals surface area contributed by atoms with Gasteiger partial charge in [-0.3, -0.25) is 14.9 Å². The van der Waals surface area contributed by atoms with E-state index >= 15 is 0 Å². The summed E-state index contributed by atoms with van der Waals surface area (Å²) in [7, 11) is 0. The summed E-state index contributed by atoms with van der Waals surface area (Å²) in [6.45, 7) is 2.28. The minimum absolute atomic E-state index is 0.0249. The predicted octanol–water partition coefficient (Wildman–Crippen LogP) is 1.71. The van der Waals surface area contributed by atoms with E-state index in [9.17, 15) is 14.9 Å². The molecule has 0 radical (unpaired) electrons. The highest BCUT2D eigenvalue weighted by Crippen LogP contribution is 2.25. The van der Waals surface area contributed by atoms with Crippen molar-refractivity contribution in [2.75, 3.05) is 0 Å². The van der Waals surface area contributed by atoms with Gasteiger partial charge >= 0.3 is 0 Å². The van der Waals surface area contributed by atoms with Gasteiger partial charge in [-0.15, -0.1) is 0 Å². The van der Waals surface area contributed by atoms with Crippen molar-refractivity contribution in [3.63, 3.8) is 0 Å². The Morgan fingerprint density at radius 1 is 1.61 bits per heavy atom. The molecule has 0 bridgehead atoms. The molecule has 1 rings (SSSR count). The first kappa shape index (κ1) is 14.6. The van der Waals surface area contributed by atoms with Crippen LogP contribution < -0.4 is 11.1 Å². The van der Waals surface area contributed by atoms with Crippen molar-refractivity contribution in [1.82, 2.24) is 5.32 Å². The van der Waals surface area contributed by atoms with Gasteiger partial charge in [0.25, 0.3) is 5.69 Å². The second kappa shape index (κ2) is 6.46. The van der Waals surface area contributed by atoms with Gasteiger partial charge in [0.05, 0.1) is 9.40 Å². The summed E-state index contributed by atoms with van der Waals surface area (Å²) in [5.74, 6) is -0.378. The number of rotatable bonds is 6. The van der Waals surface area contributed by atoms with Crippen molar-refractivity contribution in [3.8, 4) is 0 Å². The Labute approximate surface area is 113 Å². The molecule has 0 fully saturated rings. The van der Waals surface area contributed by atoms with Gasteiger partial charge in [-0.25, -0.2) is 0 Å². The molecule has 0 aliphatic heterocycles. The normalized spacial score (nSPS) is 12.1. The molecule has 0 aliphatic rings. The summed E-state index contributed by atoms with van der Waals surface area (Å²) >= 11 is 3.12. The standard InChI is InChI=1S/C11H14BrN3O3/c1-7(4-11(13)16)14-6-8-2-3-9(12)10(5-8)15(17)18/h2-3,5,7,14H,4,6H2,1H3,(H2,13,16). The SMILES string of the molecule is CC(CC(N)=O)NCc1ccc(Br)c([N+](=O)[O-])c1. The molecule has 18 heavy (non-hydrogen) atoms. The highest BCUT2D eigenvalue weighted by atomic mass is 79.9. The lowest BCUT2D eigenvalue weighted by Gasteiger charge is -2.11. The van der Waals surface area contributed by atoms with Crippen molar-refractivity contribution in [1.29, 1.82) is 0 Å². The molecule has 1 aromatic carbocycles. The monoisotopic (exact) mass is 315 g/mol. The van der Waals surface area contributed by atoms with Crippen LogP contribution in [0.3, 0.4) is 0 Å². The zero-order chi connectivity index (χ0) is 13.7. The van der Waals surface area contributed by atoms with Gasteiger partial charge in [0.2, 0.25) is 5.91 Å². The van der Waals surface area contributed by atoms with E-state index in [0.717, 1.165) is 5.56 Å². The maximum Gasteiger partial charge on any atom is 0.283 e. The summed E-state index contributed by atoms with van der Waals surface area (Å²) in [5.41, 5.74) is 5.88. The lowest BCUT2D eigenvalue weighted by atomic mass is 10.1. The van der Waals surface area contributed by atoms with Crippen LogP contribution in [-0.2, 0) is 11.3 Å². The molecule has 0 spiro atoms. The molecule has 98 valence electrons. The fraction of sp³-hybridized carbons (Fsp3) is 0.364. The highest BCUT2D eigenvalue weighted by molar-refractivity contribution is 9.10. The molecule has 1 atom stereocenters. The molecule has 3 N–H and O–H groups in total. The molecule has 0 saturated carbocycles. The molecule has 1 aromatic rings. The van der Waals surface area contributed by atoms with Crippen molar-refractivity contribution < 1.29 is 9.72 Å². The molecule has 1 unspecified atom stereocenters. The Morgan fingerprint density at radius 3 is 2.83 bits per heavy atom. The number of hydrogen-bond acceptors (Lipinski definition) is 4. The zero-order valence-electron chi connectivity index (χ0n) is 9.85. The van der Waals surface area contributed by atoms with Crippen LogP contribution in [-0.4, -0.2) is 16.9 Å². The van der Waals surface area contributed by atoms with Crippen LogP contribution in [0.5, 0.6) is 0 Å². The topological polar surface area (TPSA) is 98.3 Å². The van der Waals surface area contributed by atoms with E-state index in [1.165, 1.54) is 6.07 Å². The van der Waals surface area contributed by atoms with Gasteiger partial charge in [-0.2, -0.15) is 0 Å². The van der Waals surface area contributed by atoms with Crippen molar-refractivity contribution >= 4 is 27.5 Å². The number of carbonyl (C=O) groups is 1. The van der Waals surface area contributed by atoms with E-state index in [1.807, 2.05) is 6.92 Å². The fourth-order valence-corrected chi connectivity index (χ4v) is 1.87. The van der Waals surface area contributed by atoms with E-state index in [2.05, 4.69) is 21.2 Å². The number of amides is 1. The number of carbonyl (C=O) groups excluding carboxylic acids is 1. The minimum atomic E-state index is -0.444. The first-order valence-corrected chi connectivity index (χ1v) is 6.14. The minimum Gasteiger partial charge on any atom is -0.370 e. The molecule has 0 aromatic heterocycles. The van der Waals surface area contributed by atoms with Crippen LogP contribution in [0, 0.1) is 10.1 Å². The molecule has 0 saturated heterocycles. The molecule has 7 heteroatoms. The third-order valence-electron chi connectivity index (χ3n) is 2.37. The van der Waals surface area contributed by atoms with E-state index in [4.69, 9.17) is 5.73 Å². The Bertz CT molecular complexity index is 465. The molecular formula is C11H14BrN3O3. The van der Waals surface area contributed by atoms with E-state index in [-0.39, 0.29) is 24.1 Å². The predicted molar refractivity (Wildman–Crippen MR) is 70.9 cm³/mol. The second-order valence-corrected chi connectivity index (χ2v) is 4.85. The number of nitrogens with two attached hydrogens (primary N) is 1. The van der Waals surface area contributed by atoms with Gasteiger partial charge in [0.1, 0.15) is 0 Å². The van der Waals surface area contributed by atoms with Crippen LogP contribution in [0.1, 0.15) is 18.9 Å². The number of primary amides is 1. The lowest BCUT2D eigenvalue weighted by Crippen LogP contribution is -2.30. The molecule has 6 nitrogen and oxygen atoms in total. The Morgan fingerprint density at radius 2 is 2.28 bits per heavy atom. The van der Waals surface area contributed by atoms with Gasteiger partial charge in [0, 0.05) is 25.1 Å². The second-order valence-electron chi connectivity index (χ2n) is 4.00. The first-order chi connectivity index (χ1) is 8.40. The van der Waals surface area contributed by atoms with Crippen LogP contribution in [0.4, 0.5) is 5.69 Å². The lowest BCUT2D eigenvalue weighted by molar-refractivity contribution is -0.385. The first-order valence-electron chi connectivity index (χ1n) is 5.34. The maximum atomic E-state index is 10.8. The third kappa shape index (κ3) is 4.42. The average molecular weight is 316 g/mol. The average Bonchev–Trinajstić information content (AvgIpc) is 2.26. The van der Waals surface area contributed by atoms with Gasteiger partial charge < -0.3 is 11.1 Å². The Balaban J connectivity index is 2.66. The molecule has 1 amide bonds.